The first kappa shape index (κ1) is 9.79. The predicted molar refractivity (Wildman–Crippen MR) is 50.6 cm³/mol. The van der Waals surface area contributed by atoms with Crippen molar-refractivity contribution >= 4 is 18.0 Å². The lowest BCUT2D eigenvalue weighted by molar-refractivity contribution is 0.321. The van der Waals surface area contributed by atoms with Gasteiger partial charge in [-0.3, -0.25) is 4.79 Å². The zero-order valence-corrected chi connectivity index (χ0v) is 7.84. The largest absolute Gasteiger partial charge is 0.411 e. The number of oxime groups is 1. The molecule has 0 aromatic carbocycles. The fraction of sp³-hybridized carbons (Fsp3) is 0.286. The summed E-state index contributed by atoms with van der Waals surface area (Å²) in [5, 5.41) is 11.6. The Labute approximate surface area is 78.9 Å². The lowest BCUT2D eigenvalue weighted by atomic mass is 10.4. The van der Waals surface area contributed by atoms with Crippen molar-refractivity contribution in [2.45, 2.75) is 12.1 Å². The first-order chi connectivity index (χ1) is 6.26. The van der Waals surface area contributed by atoms with Crippen LogP contribution in [0.25, 0.3) is 0 Å². The van der Waals surface area contributed by atoms with Gasteiger partial charge in [0.2, 0.25) is 0 Å². The van der Waals surface area contributed by atoms with Gasteiger partial charge in [0, 0.05) is 6.07 Å². The highest BCUT2D eigenvalue weighted by Gasteiger charge is 1.98. The molecule has 2 N–H and O–H groups in total. The normalized spacial score (nSPS) is 10.8. The molecule has 0 radical (unpaired) electrons. The molecule has 6 heteroatoms. The quantitative estimate of drug-likeness (QED) is 0.247. The lowest BCUT2D eigenvalue weighted by Crippen LogP contribution is -2.09. The number of nitrogens with one attached hydrogen (secondary N) is 1. The molecule has 0 spiro atoms. The summed E-state index contributed by atoms with van der Waals surface area (Å²) in [4.78, 5) is 17.6. The zero-order chi connectivity index (χ0) is 9.68. The Kier molecular flexibility index (Phi) is 3.51. The molecule has 5 nitrogen and oxygen atoms in total. The van der Waals surface area contributed by atoms with E-state index in [4.69, 9.17) is 5.21 Å². The number of nitrogens with zero attached hydrogens (tertiary/aromatic N) is 2. The summed E-state index contributed by atoms with van der Waals surface area (Å²) < 4.78 is 0. The highest BCUT2D eigenvalue weighted by Crippen LogP contribution is 2.08. The van der Waals surface area contributed by atoms with Crippen molar-refractivity contribution in [1.29, 1.82) is 0 Å². The van der Waals surface area contributed by atoms with E-state index in [-0.39, 0.29) is 5.56 Å². The van der Waals surface area contributed by atoms with Crippen molar-refractivity contribution in [2.75, 3.05) is 5.75 Å². The summed E-state index contributed by atoms with van der Waals surface area (Å²) in [6, 6.07) is 1.26. The Bertz CT molecular complexity index is 361. The topological polar surface area (TPSA) is 78.3 Å². The minimum atomic E-state index is -0.249. The minimum absolute atomic E-state index is 0.249. The Morgan fingerprint density at radius 3 is 3.23 bits per heavy atom. The number of H-pyrrole nitrogens is 1. The number of hydrogen-bond acceptors (Lipinski definition) is 5. The van der Waals surface area contributed by atoms with Gasteiger partial charge in [0.25, 0.3) is 5.56 Å². The van der Waals surface area contributed by atoms with Crippen LogP contribution in [-0.4, -0.2) is 27.1 Å². The van der Waals surface area contributed by atoms with E-state index in [2.05, 4.69) is 15.1 Å². The highest BCUT2D eigenvalue weighted by atomic mass is 32.2. The van der Waals surface area contributed by atoms with E-state index in [0.29, 0.717) is 10.9 Å². The summed E-state index contributed by atoms with van der Waals surface area (Å²) in [6.45, 7) is 1.96. The molecule has 0 bridgehead atoms. The molecule has 0 fully saturated rings. The van der Waals surface area contributed by atoms with Crippen molar-refractivity contribution in [1.82, 2.24) is 9.97 Å². The van der Waals surface area contributed by atoms with Gasteiger partial charge in [0.05, 0.1) is 11.9 Å². The van der Waals surface area contributed by atoms with Gasteiger partial charge in [-0.25, -0.2) is 4.98 Å². The van der Waals surface area contributed by atoms with Crippen molar-refractivity contribution < 1.29 is 5.21 Å². The smallest absolute Gasteiger partial charge is 0.252 e. The SMILES string of the molecule is CCSc1nc(/C=N/O)cc(=O)[nH]1. The average molecular weight is 199 g/mol. The molecule has 1 rings (SSSR count). The monoisotopic (exact) mass is 199 g/mol. The molecule has 0 amide bonds. The summed E-state index contributed by atoms with van der Waals surface area (Å²) >= 11 is 1.42. The van der Waals surface area contributed by atoms with Gasteiger partial charge in [-0.2, -0.15) is 0 Å². The van der Waals surface area contributed by atoms with Crippen LogP contribution in [0, 0.1) is 0 Å². The molecule has 0 saturated carbocycles. The van der Waals surface area contributed by atoms with Gasteiger partial charge >= 0.3 is 0 Å². The zero-order valence-electron chi connectivity index (χ0n) is 7.02. The first-order valence-electron chi connectivity index (χ1n) is 3.68. The van der Waals surface area contributed by atoms with E-state index in [1.54, 1.807) is 0 Å². The molecule has 70 valence electrons. The third kappa shape index (κ3) is 2.90. The molecule has 1 aromatic heterocycles. The summed E-state index contributed by atoms with van der Waals surface area (Å²) in [5.74, 6) is 0.822. The van der Waals surface area contributed by atoms with Crippen LogP contribution in [0.1, 0.15) is 12.6 Å². The number of hydrogen-bond donors (Lipinski definition) is 2. The Morgan fingerprint density at radius 1 is 1.85 bits per heavy atom. The van der Waals surface area contributed by atoms with Crippen molar-refractivity contribution in [3.05, 3.63) is 22.1 Å². The molecule has 0 saturated heterocycles. The van der Waals surface area contributed by atoms with Crippen LogP contribution in [0.4, 0.5) is 0 Å². The van der Waals surface area contributed by atoms with Crippen molar-refractivity contribution in [3.63, 3.8) is 0 Å². The number of aromatic nitrogens is 2. The van der Waals surface area contributed by atoms with E-state index < -0.39 is 0 Å². The number of rotatable bonds is 3. The molecule has 0 aliphatic heterocycles. The van der Waals surface area contributed by atoms with Gasteiger partial charge < -0.3 is 10.2 Å². The molecule has 13 heavy (non-hydrogen) atoms. The van der Waals surface area contributed by atoms with Gasteiger partial charge in [0.1, 0.15) is 0 Å². The summed E-state index contributed by atoms with van der Waals surface area (Å²) in [7, 11) is 0. The maximum atomic E-state index is 11.0. The molecule has 0 aliphatic rings. The first-order valence-corrected chi connectivity index (χ1v) is 4.66. The van der Waals surface area contributed by atoms with Gasteiger partial charge in [0.15, 0.2) is 5.16 Å². The Balaban J connectivity index is 3.03. The van der Waals surface area contributed by atoms with E-state index in [9.17, 15) is 4.79 Å². The summed E-state index contributed by atoms with van der Waals surface area (Å²) in [6.07, 6.45) is 1.12. The maximum Gasteiger partial charge on any atom is 0.252 e. The third-order valence-electron chi connectivity index (χ3n) is 1.21. The van der Waals surface area contributed by atoms with Gasteiger partial charge in [-0.1, -0.05) is 23.8 Å². The van der Waals surface area contributed by atoms with Crippen LogP contribution in [0.3, 0.4) is 0 Å². The predicted octanol–water partition coefficient (Wildman–Crippen LogP) is 0.690. The molecule has 0 unspecified atom stereocenters. The van der Waals surface area contributed by atoms with Crippen molar-refractivity contribution in [2.24, 2.45) is 5.16 Å². The summed E-state index contributed by atoms with van der Waals surface area (Å²) in [5.41, 5.74) is 0.100. The molecule has 1 aromatic rings. The highest BCUT2D eigenvalue weighted by molar-refractivity contribution is 7.99. The standard InChI is InChI=1S/C7H9N3O2S/c1-2-13-7-9-5(4-8-12)3-6(11)10-7/h3-4,12H,2H2,1H3,(H,9,10,11)/b8-4+. The average Bonchev–Trinajstić information content (AvgIpc) is 2.04. The van der Waals surface area contributed by atoms with Crippen LogP contribution in [0.15, 0.2) is 21.2 Å². The van der Waals surface area contributed by atoms with Crippen LogP contribution in [0.5, 0.6) is 0 Å². The molecular weight excluding hydrogens is 190 g/mol. The second kappa shape index (κ2) is 4.66. The lowest BCUT2D eigenvalue weighted by Gasteiger charge is -1.97. The van der Waals surface area contributed by atoms with E-state index >= 15 is 0 Å². The molecular formula is C7H9N3O2S. The second-order valence-corrected chi connectivity index (χ2v) is 3.41. The Hall–Kier alpha value is -1.30. The van der Waals surface area contributed by atoms with Crippen LogP contribution in [0.2, 0.25) is 0 Å². The van der Waals surface area contributed by atoms with Gasteiger partial charge in [-0.15, -0.1) is 0 Å². The molecule has 1 heterocycles. The van der Waals surface area contributed by atoms with E-state index in [1.165, 1.54) is 17.8 Å². The van der Waals surface area contributed by atoms with Crippen molar-refractivity contribution in [3.8, 4) is 0 Å². The minimum Gasteiger partial charge on any atom is -0.411 e. The fourth-order valence-corrected chi connectivity index (χ4v) is 1.40. The molecule has 0 aliphatic carbocycles. The van der Waals surface area contributed by atoms with E-state index in [0.717, 1.165) is 12.0 Å². The second-order valence-electron chi connectivity index (χ2n) is 2.15. The number of aromatic amines is 1. The maximum absolute atomic E-state index is 11.0. The van der Waals surface area contributed by atoms with Crippen LogP contribution in [-0.2, 0) is 0 Å². The van der Waals surface area contributed by atoms with Gasteiger partial charge in [-0.05, 0) is 5.75 Å². The van der Waals surface area contributed by atoms with Crippen LogP contribution >= 0.6 is 11.8 Å². The Morgan fingerprint density at radius 2 is 2.62 bits per heavy atom. The fourth-order valence-electron chi connectivity index (χ4n) is 0.784. The van der Waals surface area contributed by atoms with Crippen LogP contribution < -0.4 is 5.56 Å². The van der Waals surface area contributed by atoms with E-state index in [1.807, 2.05) is 6.92 Å². The molecule has 0 atom stereocenters. The number of thioether (sulfide) groups is 1. The third-order valence-corrected chi connectivity index (χ3v) is 1.97.